The Bertz CT molecular complexity index is 627. The molecule has 0 atom stereocenters. The van der Waals surface area contributed by atoms with E-state index in [-0.39, 0.29) is 5.91 Å². The molecule has 0 unspecified atom stereocenters. The third kappa shape index (κ3) is 4.13. The van der Waals surface area contributed by atoms with E-state index in [1.54, 1.807) is 30.3 Å². The molecule has 0 fully saturated rings. The van der Waals surface area contributed by atoms with Crippen molar-refractivity contribution in [2.45, 2.75) is 13.5 Å². The van der Waals surface area contributed by atoms with Crippen LogP contribution in [0.4, 0.5) is 5.69 Å². The molecule has 1 amide bonds. The molecule has 4 nitrogen and oxygen atoms in total. The van der Waals surface area contributed by atoms with E-state index < -0.39 is 0 Å². The summed E-state index contributed by atoms with van der Waals surface area (Å²) in [5.41, 5.74) is 7.75. The number of carbonyl (C=O) groups is 1. The fourth-order valence-corrected chi connectivity index (χ4v) is 1.97. The zero-order valence-electron chi connectivity index (χ0n) is 11.7. The molecule has 0 saturated carbocycles. The lowest BCUT2D eigenvalue weighted by molar-refractivity contribution is 0.0951. The number of hydrogen-bond donors (Lipinski definition) is 2. The van der Waals surface area contributed by atoms with Crippen LogP contribution in [0.1, 0.15) is 22.8 Å². The Morgan fingerprint density at radius 1 is 1.24 bits per heavy atom. The number of anilines is 1. The molecule has 5 heteroatoms. The lowest BCUT2D eigenvalue weighted by atomic mass is 10.1. The van der Waals surface area contributed by atoms with E-state index in [1.807, 2.05) is 19.1 Å². The summed E-state index contributed by atoms with van der Waals surface area (Å²) >= 11 is 5.84. The number of rotatable bonds is 5. The number of nitrogen functional groups attached to an aromatic ring is 1. The Morgan fingerprint density at radius 2 is 1.95 bits per heavy atom. The van der Waals surface area contributed by atoms with Gasteiger partial charge < -0.3 is 15.8 Å². The van der Waals surface area contributed by atoms with Crippen LogP contribution in [0.2, 0.25) is 5.02 Å². The Hall–Kier alpha value is -2.20. The van der Waals surface area contributed by atoms with Gasteiger partial charge in [-0.05, 0) is 36.8 Å². The highest BCUT2D eigenvalue weighted by atomic mass is 35.5. The zero-order chi connectivity index (χ0) is 15.2. The fourth-order valence-electron chi connectivity index (χ4n) is 1.84. The molecule has 21 heavy (non-hydrogen) atoms. The summed E-state index contributed by atoms with van der Waals surface area (Å²) < 4.78 is 5.73. The molecule has 110 valence electrons. The number of nitrogens with two attached hydrogens (primary N) is 1. The van der Waals surface area contributed by atoms with E-state index >= 15 is 0 Å². The maximum Gasteiger partial charge on any atom is 0.255 e. The molecule has 0 radical (unpaired) electrons. The third-order valence-corrected chi connectivity index (χ3v) is 3.15. The number of halogens is 1. The number of carbonyl (C=O) groups excluding carboxylic acids is 1. The molecule has 0 aliphatic carbocycles. The molecule has 2 aromatic carbocycles. The first-order valence-corrected chi connectivity index (χ1v) is 7.03. The van der Waals surface area contributed by atoms with Gasteiger partial charge in [-0.15, -0.1) is 0 Å². The average Bonchev–Trinajstić information content (AvgIpc) is 2.47. The number of nitrogens with one attached hydrogen (secondary N) is 1. The van der Waals surface area contributed by atoms with E-state index in [0.29, 0.717) is 35.2 Å². The minimum atomic E-state index is -0.177. The normalized spacial score (nSPS) is 10.2. The summed E-state index contributed by atoms with van der Waals surface area (Å²) in [6, 6.07) is 12.3. The molecular formula is C16H17ClN2O2. The maximum absolute atomic E-state index is 12.0. The SMILES string of the molecule is CCNC(=O)c1ccc(N)cc1OCc1ccc(Cl)cc1. The molecule has 0 aromatic heterocycles. The minimum Gasteiger partial charge on any atom is -0.488 e. The predicted octanol–water partition coefficient (Wildman–Crippen LogP) is 3.25. The Morgan fingerprint density at radius 3 is 2.62 bits per heavy atom. The maximum atomic E-state index is 12.0. The van der Waals surface area contributed by atoms with Crippen LogP contribution in [0, 0.1) is 0 Å². The molecule has 0 bridgehead atoms. The highest BCUT2D eigenvalue weighted by Crippen LogP contribution is 2.23. The van der Waals surface area contributed by atoms with E-state index in [1.165, 1.54) is 0 Å². The van der Waals surface area contributed by atoms with Crippen LogP contribution in [0.25, 0.3) is 0 Å². The third-order valence-electron chi connectivity index (χ3n) is 2.90. The van der Waals surface area contributed by atoms with Crippen LogP contribution in [0.5, 0.6) is 5.75 Å². The van der Waals surface area contributed by atoms with Crippen molar-refractivity contribution in [1.82, 2.24) is 5.32 Å². The molecule has 2 aromatic rings. The standard InChI is InChI=1S/C16H17ClN2O2/c1-2-19-16(20)14-8-7-13(18)9-15(14)21-10-11-3-5-12(17)6-4-11/h3-9H,2,10,18H2,1H3,(H,19,20). The number of ether oxygens (including phenoxy) is 1. The summed E-state index contributed by atoms with van der Waals surface area (Å²) in [6.45, 7) is 2.76. The second-order valence-electron chi connectivity index (χ2n) is 4.53. The van der Waals surface area contributed by atoms with Gasteiger partial charge in [0.15, 0.2) is 0 Å². The van der Waals surface area contributed by atoms with Gasteiger partial charge in [0.2, 0.25) is 0 Å². The Kier molecular flexibility index (Phi) is 5.06. The summed E-state index contributed by atoms with van der Waals surface area (Å²) in [5, 5.41) is 3.42. The highest BCUT2D eigenvalue weighted by molar-refractivity contribution is 6.30. The van der Waals surface area contributed by atoms with Crippen LogP contribution in [0.3, 0.4) is 0 Å². The van der Waals surface area contributed by atoms with E-state index in [0.717, 1.165) is 5.56 Å². The van der Waals surface area contributed by atoms with E-state index in [4.69, 9.17) is 22.1 Å². The minimum absolute atomic E-state index is 0.177. The number of benzene rings is 2. The first kappa shape index (κ1) is 15.2. The first-order valence-electron chi connectivity index (χ1n) is 6.65. The monoisotopic (exact) mass is 304 g/mol. The van der Waals surface area contributed by atoms with Gasteiger partial charge >= 0.3 is 0 Å². The van der Waals surface area contributed by atoms with E-state index in [9.17, 15) is 4.79 Å². The van der Waals surface area contributed by atoms with Gasteiger partial charge in [-0.25, -0.2) is 0 Å². The molecule has 3 N–H and O–H groups in total. The quantitative estimate of drug-likeness (QED) is 0.833. The van der Waals surface area contributed by atoms with Gasteiger partial charge in [-0.3, -0.25) is 4.79 Å². The van der Waals surface area contributed by atoms with E-state index in [2.05, 4.69) is 5.32 Å². The van der Waals surface area contributed by atoms with Crippen LogP contribution < -0.4 is 15.8 Å². The Balaban J connectivity index is 2.16. The van der Waals surface area contributed by atoms with Gasteiger partial charge in [-0.1, -0.05) is 23.7 Å². The lowest BCUT2D eigenvalue weighted by Gasteiger charge is -2.12. The van der Waals surface area contributed by atoms with Crippen LogP contribution in [-0.2, 0) is 6.61 Å². The molecule has 0 saturated heterocycles. The molecular weight excluding hydrogens is 288 g/mol. The van der Waals surface area contributed by atoms with Crippen molar-refractivity contribution in [3.8, 4) is 5.75 Å². The van der Waals surface area contributed by atoms with Gasteiger partial charge in [0.25, 0.3) is 5.91 Å². The lowest BCUT2D eigenvalue weighted by Crippen LogP contribution is -2.23. The highest BCUT2D eigenvalue weighted by Gasteiger charge is 2.12. The van der Waals surface area contributed by atoms with Crippen LogP contribution in [0.15, 0.2) is 42.5 Å². The molecule has 0 heterocycles. The van der Waals surface area contributed by atoms with Crippen molar-refractivity contribution >= 4 is 23.2 Å². The van der Waals surface area contributed by atoms with Crippen molar-refractivity contribution in [1.29, 1.82) is 0 Å². The Labute approximate surface area is 128 Å². The molecule has 2 rings (SSSR count). The van der Waals surface area contributed by atoms with Crippen molar-refractivity contribution in [3.05, 3.63) is 58.6 Å². The van der Waals surface area contributed by atoms with Gasteiger partial charge in [0.1, 0.15) is 12.4 Å². The van der Waals surface area contributed by atoms with Crippen molar-refractivity contribution < 1.29 is 9.53 Å². The summed E-state index contributed by atoms with van der Waals surface area (Å²) in [7, 11) is 0. The second-order valence-corrected chi connectivity index (χ2v) is 4.97. The zero-order valence-corrected chi connectivity index (χ0v) is 12.5. The summed E-state index contributed by atoms with van der Waals surface area (Å²) in [6.07, 6.45) is 0. The largest absolute Gasteiger partial charge is 0.488 e. The van der Waals surface area contributed by atoms with Crippen LogP contribution in [-0.4, -0.2) is 12.5 Å². The van der Waals surface area contributed by atoms with Crippen molar-refractivity contribution in [2.24, 2.45) is 0 Å². The van der Waals surface area contributed by atoms with Gasteiger partial charge in [0, 0.05) is 23.3 Å². The smallest absolute Gasteiger partial charge is 0.255 e. The molecule has 0 aliphatic heterocycles. The van der Waals surface area contributed by atoms with Crippen molar-refractivity contribution in [3.63, 3.8) is 0 Å². The predicted molar refractivity (Wildman–Crippen MR) is 84.6 cm³/mol. The van der Waals surface area contributed by atoms with Crippen molar-refractivity contribution in [2.75, 3.05) is 12.3 Å². The van der Waals surface area contributed by atoms with Gasteiger partial charge in [-0.2, -0.15) is 0 Å². The second kappa shape index (κ2) is 6.99. The number of hydrogen-bond acceptors (Lipinski definition) is 3. The summed E-state index contributed by atoms with van der Waals surface area (Å²) in [4.78, 5) is 12.0. The van der Waals surface area contributed by atoms with Gasteiger partial charge in [0.05, 0.1) is 5.56 Å². The fraction of sp³-hybridized carbons (Fsp3) is 0.188. The topological polar surface area (TPSA) is 64.4 Å². The average molecular weight is 305 g/mol. The van der Waals surface area contributed by atoms with Crippen LogP contribution >= 0.6 is 11.6 Å². The number of amides is 1. The summed E-state index contributed by atoms with van der Waals surface area (Å²) in [5.74, 6) is 0.291. The molecule has 0 aliphatic rings. The molecule has 0 spiro atoms. The first-order chi connectivity index (χ1) is 10.1.